The Balaban J connectivity index is 1.79. The van der Waals surface area contributed by atoms with Crippen molar-refractivity contribution in [1.29, 1.82) is 0 Å². The van der Waals surface area contributed by atoms with E-state index in [0.717, 1.165) is 5.56 Å². The van der Waals surface area contributed by atoms with E-state index in [0.29, 0.717) is 5.75 Å². The molecule has 9 heteroatoms. The zero-order chi connectivity index (χ0) is 20.5. The van der Waals surface area contributed by atoms with E-state index >= 15 is 0 Å². The van der Waals surface area contributed by atoms with Crippen LogP contribution < -0.4 is 20.9 Å². The molecule has 0 radical (unpaired) electrons. The number of ether oxygens (including phenoxy) is 2. The van der Waals surface area contributed by atoms with Gasteiger partial charge in [-0.1, -0.05) is 18.2 Å². The van der Waals surface area contributed by atoms with E-state index in [9.17, 15) is 14.4 Å². The summed E-state index contributed by atoms with van der Waals surface area (Å²) in [5.74, 6) is -1.02. The molecule has 0 saturated carbocycles. The summed E-state index contributed by atoms with van der Waals surface area (Å²) in [6, 6.07) is 13.2. The SMILES string of the molecule is COC(=O)c1cccc(C(=O)NC(=S)NNC(=O)COc2cccc(C)c2)c1. The average molecular weight is 401 g/mol. The molecule has 0 aliphatic rings. The van der Waals surface area contributed by atoms with Gasteiger partial charge in [0.1, 0.15) is 5.75 Å². The van der Waals surface area contributed by atoms with Crippen LogP contribution in [0.1, 0.15) is 26.3 Å². The summed E-state index contributed by atoms with van der Waals surface area (Å²) in [6.07, 6.45) is 0. The fourth-order valence-corrected chi connectivity index (χ4v) is 2.27. The largest absolute Gasteiger partial charge is 0.484 e. The third-order valence-electron chi connectivity index (χ3n) is 3.45. The van der Waals surface area contributed by atoms with Gasteiger partial charge in [0.25, 0.3) is 11.8 Å². The molecule has 0 spiro atoms. The van der Waals surface area contributed by atoms with Gasteiger partial charge in [0.2, 0.25) is 0 Å². The maximum atomic E-state index is 12.2. The van der Waals surface area contributed by atoms with Gasteiger partial charge >= 0.3 is 5.97 Å². The van der Waals surface area contributed by atoms with Crippen molar-refractivity contribution >= 4 is 35.1 Å². The minimum Gasteiger partial charge on any atom is -0.484 e. The number of rotatable bonds is 5. The maximum absolute atomic E-state index is 12.2. The summed E-state index contributed by atoms with van der Waals surface area (Å²) in [4.78, 5) is 35.5. The molecule has 0 heterocycles. The molecular formula is C19H19N3O5S. The van der Waals surface area contributed by atoms with E-state index in [2.05, 4.69) is 20.9 Å². The van der Waals surface area contributed by atoms with Crippen molar-refractivity contribution in [1.82, 2.24) is 16.2 Å². The molecule has 0 aliphatic carbocycles. The first-order valence-electron chi connectivity index (χ1n) is 8.17. The number of aryl methyl sites for hydroxylation is 1. The number of amides is 2. The third kappa shape index (κ3) is 6.36. The molecule has 3 N–H and O–H groups in total. The Kier molecular flexibility index (Phi) is 7.46. The first-order chi connectivity index (χ1) is 13.4. The summed E-state index contributed by atoms with van der Waals surface area (Å²) in [5, 5.41) is 2.28. The highest BCUT2D eigenvalue weighted by Gasteiger charge is 2.12. The minimum atomic E-state index is -0.559. The molecule has 2 aromatic carbocycles. The van der Waals surface area contributed by atoms with E-state index in [4.69, 9.17) is 17.0 Å². The molecular weight excluding hydrogens is 382 g/mol. The first-order valence-corrected chi connectivity index (χ1v) is 8.58. The van der Waals surface area contributed by atoms with Crippen molar-refractivity contribution in [3.05, 3.63) is 65.2 Å². The van der Waals surface area contributed by atoms with Gasteiger partial charge in [-0.15, -0.1) is 0 Å². The van der Waals surface area contributed by atoms with Gasteiger partial charge in [0.05, 0.1) is 12.7 Å². The second-order valence-electron chi connectivity index (χ2n) is 5.63. The lowest BCUT2D eigenvalue weighted by atomic mass is 10.1. The zero-order valence-corrected chi connectivity index (χ0v) is 16.1. The van der Waals surface area contributed by atoms with Crippen LogP contribution in [0, 0.1) is 6.92 Å². The maximum Gasteiger partial charge on any atom is 0.337 e. The highest BCUT2D eigenvalue weighted by atomic mass is 32.1. The van der Waals surface area contributed by atoms with Gasteiger partial charge in [-0.05, 0) is 55.0 Å². The standard InChI is InChI=1S/C19H19N3O5S/c1-12-5-3-8-15(9-12)27-11-16(23)21-22-19(28)20-17(24)13-6-4-7-14(10-13)18(25)26-2/h3-10H,11H2,1-2H3,(H,21,23)(H2,20,22,24,28). The Morgan fingerprint density at radius 1 is 1.00 bits per heavy atom. The first kappa shape index (κ1) is 20.8. The molecule has 2 aromatic rings. The van der Waals surface area contributed by atoms with E-state index in [1.165, 1.54) is 25.3 Å². The highest BCUT2D eigenvalue weighted by molar-refractivity contribution is 7.80. The average Bonchev–Trinajstić information content (AvgIpc) is 2.70. The van der Waals surface area contributed by atoms with Crippen LogP contribution in [0.3, 0.4) is 0 Å². The smallest absolute Gasteiger partial charge is 0.337 e. The molecule has 0 atom stereocenters. The monoisotopic (exact) mass is 401 g/mol. The number of carbonyl (C=O) groups excluding carboxylic acids is 3. The molecule has 28 heavy (non-hydrogen) atoms. The van der Waals surface area contributed by atoms with Crippen molar-refractivity contribution in [3.63, 3.8) is 0 Å². The molecule has 0 aliphatic heterocycles. The lowest BCUT2D eigenvalue weighted by molar-refractivity contribution is -0.123. The summed E-state index contributed by atoms with van der Waals surface area (Å²) in [6.45, 7) is 1.69. The number of methoxy groups -OCH3 is 1. The van der Waals surface area contributed by atoms with Crippen LogP contribution in [-0.2, 0) is 9.53 Å². The van der Waals surface area contributed by atoms with Gasteiger partial charge in [-0.3, -0.25) is 25.8 Å². The van der Waals surface area contributed by atoms with Crippen molar-refractivity contribution < 1.29 is 23.9 Å². The number of esters is 1. The van der Waals surface area contributed by atoms with Crippen molar-refractivity contribution in [2.24, 2.45) is 0 Å². The molecule has 0 fully saturated rings. The van der Waals surface area contributed by atoms with E-state index < -0.39 is 17.8 Å². The third-order valence-corrected chi connectivity index (χ3v) is 3.65. The Morgan fingerprint density at radius 3 is 2.43 bits per heavy atom. The van der Waals surface area contributed by atoms with Crippen molar-refractivity contribution in [3.8, 4) is 5.75 Å². The molecule has 0 unspecified atom stereocenters. The topological polar surface area (TPSA) is 106 Å². The van der Waals surface area contributed by atoms with Crippen molar-refractivity contribution in [2.45, 2.75) is 6.92 Å². The number of benzene rings is 2. The predicted molar refractivity (Wildman–Crippen MR) is 106 cm³/mol. The minimum absolute atomic E-state index is 0.114. The molecule has 146 valence electrons. The Bertz CT molecular complexity index is 901. The van der Waals surface area contributed by atoms with Crippen LogP contribution in [0.5, 0.6) is 5.75 Å². The van der Waals surface area contributed by atoms with E-state index in [1.807, 2.05) is 19.1 Å². The fraction of sp³-hybridized carbons (Fsp3) is 0.158. The second-order valence-corrected chi connectivity index (χ2v) is 6.04. The molecule has 8 nitrogen and oxygen atoms in total. The van der Waals surface area contributed by atoms with Crippen LogP contribution in [0.2, 0.25) is 0 Å². The predicted octanol–water partition coefficient (Wildman–Crippen LogP) is 1.50. The zero-order valence-electron chi connectivity index (χ0n) is 15.3. The Morgan fingerprint density at radius 2 is 1.71 bits per heavy atom. The quantitative estimate of drug-likeness (QED) is 0.396. The van der Waals surface area contributed by atoms with Gasteiger partial charge in [-0.25, -0.2) is 4.79 Å². The van der Waals surface area contributed by atoms with Crippen molar-refractivity contribution in [2.75, 3.05) is 13.7 Å². The summed E-state index contributed by atoms with van der Waals surface area (Å²) in [7, 11) is 1.25. The van der Waals surface area contributed by atoms with Crippen LogP contribution in [0.15, 0.2) is 48.5 Å². The van der Waals surface area contributed by atoms with Gasteiger partial charge in [0, 0.05) is 5.56 Å². The van der Waals surface area contributed by atoms with Gasteiger partial charge < -0.3 is 9.47 Å². The number of hydrazine groups is 1. The molecule has 2 rings (SSSR count). The van der Waals surface area contributed by atoms with Crippen LogP contribution in [0.25, 0.3) is 0 Å². The van der Waals surface area contributed by atoms with E-state index in [1.54, 1.807) is 18.2 Å². The molecule has 2 amide bonds. The van der Waals surface area contributed by atoms with Crippen LogP contribution in [0.4, 0.5) is 0 Å². The normalized spacial score (nSPS) is 9.79. The lowest BCUT2D eigenvalue weighted by Crippen LogP contribution is -2.49. The summed E-state index contributed by atoms with van der Waals surface area (Å²) >= 11 is 4.96. The number of hydrogen-bond acceptors (Lipinski definition) is 6. The Labute approximate surface area is 167 Å². The number of nitrogens with one attached hydrogen (secondary N) is 3. The van der Waals surface area contributed by atoms with Gasteiger partial charge in [-0.2, -0.15) is 0 Å². The highest BCUT2D eigenvalue weighted by Crippen LogP contribution is 2.11. The molecule has 0 aromatic heterocycles. The summed E-state index contributed by atoms with van der Waals surface area (Å²) < 4.78 is 9.96. The summed E-state index contributed by atoms with van der Waals surface area (Å²) in [5.41, 5.74) is 6.18. The fourth-order valence-electron chi connectivity index (χ4n) is 2.13. The molecule has 0 bridgehead atoms. The number of carbonyl (C=O) groups is 3. The van der Waals surface area contributed by atoms with Crippen LogP contribution >= 0.6 is 12.2 Å². The number of thiocarbonyl (C=S) groups is 1. The van der Waals surface area contributed by atoms with E-state index in [-0.39, 0.29) is 22.8 Å². The van der Waals surface area contributed by atoms with Gasteiger partial charge in [0.15, 0.2) is 11.7 Å². The van der Waals surface area contributed by atoms with Crippen LogP contribution in [-0.4, -0.2) is 36.6 Å². The Hall–Kier alpha value is -3.46. The number of hydrogen-bond donors (Lipinski definition) is 3. The molecule has 0 saturated heterocycles. The lowest BCUT2D eigenvalue weighted by Gasteiger charge is -2.12. The second kappa shape index (κ2) is 10.0.